The predicted octanol–water partition coefficient (Wildman–Crippen LogP) is 3.81. The van der Waals surface area contributed by atoms with Crippen molar-refractivity contribution in [1.29, 1.82) is 0 Å². The summed E-state index contributed by atoms with van der Waals surface area (Å²) < 4.78 is 5.84. The van der Waals surface area contributed by atoms with Crippen molar-refractivity contribution in [2.24, 2.45) is 0 Å². The average Bonchev–Trinajstić information content (AvgIpc) is 3.18. The maximum atomic E-state index is 5.84. The van der Waals surface area contributed by atoms with Crippen molar-refractivity contribution in [3.63, 3.8) is 0 Å². The van der Waals surface area contributed by atoms with Gasteiger partial charge in [0.05, 0.1) is 0 Å². The number of nitrogens with zero attached hydrogens (tertiary/aromatic N) is 3. The molecule has 118 valence electrons. The summed E-state index contributed by atoms with van der Waals surface area (Å²) in [4.78, 5) is 5.64. The van der Waals surface area contributed by atoms with Crippen LogP contribution in [0.5, 0.6) is 0 Å². The Morgan fingerprint density at radius 2 is 1.83 bits per heavy atom. The highest BCUT2D eigenvalue weighted by Gasteiger charge is 2.31. The minimum absolute atomic E-state index is 0.528. The number of hydrogen-bond acceptors (Lipinski definition) is 4. The van der Waals surface area contributed by atoms with E-state index in [0.29, 0.717) is 17.9 Å². The Bertz CT molecular complexity index is 824. The van der Waals surface area contributed by atoms with Gasteiger partial charge in [-0.3, -0.25) is 0 Å². The zero-order chi connectivity index (χ0) is 15.2. The minimum atomic E-state index is 0.528. The quantitative estimate of drug-likeness (QED) is 0.799. The number of aromatic amines is 1. The van der Waals surface area contributed by atoms with Crippen LogP contribution in [0.4, 0.5) is 6.01 Å². The first kappa shape index (κ1) is 13.2. The largest absolute Gasteiger partial charge is 0.408 e. The van der Waals surface area contributed by atoms with E-state index in [4.69, 9.17) is 4.42 Å². The molecule has 5 heteroatoms. The topological polar surface area (TPSA) is 58.0 Å². The summed E-state index contributed by atoms with van der Waals surface area (Å²) >= 11 is 0. The Morgan fingerprint density at radius 1 is 1.00 bits per heavy atom. The van der Waals surface area contributed by atoms with Gasteiger partial charge in [-0.15, -0.1) is 5.10 Å². The van der Waals surface area contributed by atoms with Crippen LogP contribution in [-0.2, 0) is 0 Å². The number of nitrogens with one attached hydrogen (secondary N) is 1. The predicted molar refractivity (Wildman–Crippen MR) is 88.8 cm³/mol. The van der Waals surface area contributed by atoms with E-state index in [0.717, 1.165) is 31.8 Å². The lowest BCUT2D eigenvalue weighted by Gasteiger charge is -2.30. The van der Waals surface area contributed by atoms with Gasteiger partial charge in [0.1, 0.15) is 0 Å². The van der Waals surface area contributed by atoms with Crippen molar-refractivity contribution in [2.45, 2.75) is 37.5 Å². The van der Waals surface area contributed by atoms with E-state index in [-0.39, 0.29) is 0 Å². The monoisotopic (exact) mass is 308 g/mol. The smallest absolute Gasteiger partial charge is 0.318 e. The molecule has 3 aromatic rings. The SMILES string of the molecule is c1ccc2c(C3CCN(c4nnc(C5CC5)o4)CC3)c[nH]c2c1. The summed E-state index contributed by atoms with van der Waals surface area (Å²) in [5.41, 5.74) is 2.68. The standard InChI is InChI=1S/C18H20N4O/c1-2-4-16-14(3-1)15(11-19-16)12-7-9-22(10-8-12)18-21-20-17(23-18)13-5-6-13/h1-4,11-13,19H,5-10H2. The molecule has 1 aliphatic heterocycles. The van der Waals surface area contributed by atoms with Gasteiger partial charge >= 0.3 is 6.01 Å². The zero-order valence-corrected chi connectivity index (χ0v) is 13.0. The van der Waals surface area contributed by atoms with Gasteiger partial charge in [0.15, 0.2) is 0 Å². The highest BCUT2D eigenvalue weighted by molar-refractivity contribution is 5.83. The third kappa shape index (κ3) is 2.31. The van der Waals surface area contributed by atoms with Gasteiger partial charge < -0.3 is 14.3 Å². The van der Waals surface area contributed by atoms with E-state index < -0.39 is 0 Å². The lowest BCUT2D eigenvalue weighted by Crippen LogP contribution is -2.33. The van der Waals surface area contributed by atoms with Gasteiger partial charge in [0, 0.05) is 36.1 Å². The molecule has 5 rings (SSSR count). The fourth-order valence-electron chi connectivity index (χ4n) is 3.66. The summed E-state index contributed by atoms with van der Waals surface area (Å²) in [5.74, 6) is 1.96. The molecule has 0 spiro atoms. The molecule has 0 atom stereocenters. The lowest BCUT2D eigenvalue weighted by atomic mass is 9.89. The molecule has 1 aliphatic carbocycles. The number of piperidine rings is 1. The van der Waals surface area contributed by atoms with Crippen molar-refractivity contribution < 1.29 is 4.42 Å². The van der Waals surface area contributed by atoms with E-state index >= 15 is 0 Å². The number of fused-ring (bicyclic) bond motifs is 1. The molecule has 0 amide bonds. The van der Waals surface area contributed by atoms with E-state index in [1.807, 2.05) is 0 Å². The zero-order valence-electron chi connectivity index (χ0n) is 13.0. The van der Waals surface area contributed by atoms with Crippen molar-refractivity contribution in [3.05, 3.63) is 41.9 Å². The summed E-state index contributed by atoms with van der Waals surface area (Å²) in [6, 6.07) is 9.27. The molecule has 1 saturated heterocycles. The van der Waals surface area contributed by atoms with Crippen molar-refractivity contribution in [3.8, 4) is 0 Å². The van der Waals surface area contributed by atoms with E-state index in [9.17, 15) is 0 Å². The number of hydrogen-bond donors (Lipinski definition) is 1. The lowest BCUT2D eigenvalue weighted by molar-refractivity contribution is 0.442. The van der Waals surface area contributed by atoms with Gasteiger partial charge in [-0.1, -0.05) is 23.3 Å². The van der Waals surface area contributed by atoms with Gasteiger partial charge in [-0.05, 0) is 43.2 Å². The molecule has 1 saturated carbocycles. The highest BCUT2D eigenvalue weighted by Crippen LogP contribution is 2.40. The molecule has 1 aromatic carbocycles. The van der Waals surface area contributed by atoms with Crippen LogP contribution in [0.2, 0.25) is 0 Å². The maximum absolute atomic E-state index is 5.84. The van der Waals surface area contributed by atoms with Gasteiger partial charge in [-0.2, -0.15) is 0 Å². The van der Waals surface area contributed by atoms with Gasteiger partial charge in [-0.25, -0.2) is 0 Å². The van der Waals surface area contributed by atoms with Crippen LogP contribution in [0.15, 0.2) is 34.9 Å². The number of benzene rings is 1. The number of aromatic nitrogens is 3. The summed E-state index contributed by atoms with van der Waals surface area (Å²) in [5, 5.41) is 9.80. The Labute approximate surface area is 134 Å². The highest BCUT2D eigenvalue weighted by atomic mass is 16.4. The van der Waals surface area contributed by atoms with Gasteiger partial charge in [0.25, 0.3) is 0 Å². The van der Waals surface area contributed by atoms with Crippen LogP contribution < -0.4 is 4.90 Å². The Balaban J connectivity index is 1.31. The molecule has 23 heavy (non-hydrogen) atoms. The molecule has 2 aliphatic rings. The van der Waals surface area contributed by atoms with E-state index in [1.165, 1.54) is 29.3 Å². The van der Waals surface area contributed by atoms with Crippen molar-refractivity contribution >= 4 is 16.9 Å². The number of anilines is 1. The van der Waals surface area contributed by atoms with Crippen LogP contribution in [0.3, 0.4) is 0 Å². The van der Waals surface area contributed by atoms with Crippen LogP contribution in [-0.4, -0.2) is 28.3 Å². The molecule has 1 N–H and O–H groups in total. The fraction of sp³-hybridized carbons (Fsp3) is 0.444. The van der Waals surface area contributed by atoms with E-state index in [2.05, 4.69) is 50.5 Å². The fourth-order valence-corrected chi connectivity index (χ4v) is 3.66. The molecular formula is C18H20N4O. The third-order valence-electron chi connectivity index (χ3n) is 5.18. The summed E-state index contributed by atoms with van der Waals surface area (Å²) in [7, 11) is 0. The summed E-state index contributed by atoms with van der Waals surface area (Å²) in [6.45, 7) is 1.97. The van der Waals surface area contributed by atoms with Crippen LogP contribution >= 0.6 is 0 Å². The molecule has 0 unspecified atom stereocenters. The Hall–Kier alpha value is -2.30. The third-order valence-corrected chi connectivity index (χ3v) is 5.18. The van der Waals surface area contributed by atoms with Crippen LogP contribution in [0.25, 0.3) is 10.9 Å². The molecule has 0 bridgehead atoms. The second-order valence-electron chi connectivity index (χ2n) is 6.75. The van der Waals surface area contributed by atoms with Crippen LogP contribution in [0, 0.1) is 0 Å². The normalized spacial score (nSPS) is 19.6. The van der Waals surface area contributed by atoms with Crippen LogP contribution in [0.1, 0.15) is 49.0 Å². The molecule has 0 radical (unpaired) electrons. The first-order valence-corrected chi connectivity index (χ1v) is 8.53. The second-order valence-corrected chi connectivity index (χ2v) is 6.75. The molecule has 2 fully saturated rings. The molecule has 5 nitrogen and oxygen atoms in total. The number of para-hydroxylation sites is 1. The first-order chi connectivity index (χ1) is 11.4. The number of H-pyrrole nitrogens is 1. The Morgan fingerprint density at radius 3 is 2.65 bits per heavy atom. The molecular weight excluding hydrogens is 288 g/mol. The second kappa shape index (κ2) is 5.11. The summed E-state index contributed by atoms with van der Waals surface area (Å²) in [6.07, 6.45) is 6.84. The Kier molecular flexibility index (Phi) is 2.93. The average molecular weight is 308 g/mol. The van der Waals surface area contributed by atoms with Crippen molar-refractivity contribution in [1.82, 2.24) is 15.2 Å². The van der Waals surface area contributed by atoms with Gasteiger partial charge in [0.2, 0.25) is 5.89 Å². The van der Waals surface area contributed by atoms with E-state index in [1.54, 1.807) is 0 Å². The molecule has 2 aromatic heterocycles. The molecule has 3 heterocycles. The minimum Gasteiger partial charge on any atom is -0.408 e. The van der Waals surface area contributed by atoms with Crippen molar-refractivity contribution in [2.75, 3.05) is 18.0 Å². The first-order valence-electron chi connectivity index (χ1n) is 8.53. The maximum Gasteiger partial charge on any atom is 0.318 e. The number of rotatable bonds is 3.